The van der Waals surface area contributed by atoms with E-state index in [2.05, 4.69) is 28.1 Å². The van der Waals surface area contributed by atoms with Gasteiger partial charge >= 0.3 is 0 Å². The van der Waals surface area contributed by atoms with E-state index in [1.54, 1.807) is 0 Å². The first-order chi connectivity index (χ1) is 12.0. The Morgan fingerprint density at radius 2 is 2.04 bits per heavy atom. The van der Waals surface area contributed by atoms with Crippen LogP contribution in [0.4, 0.5) is 5.95 Å². The van der Waals surface area contributed by atoms with Crippen molar-refractivity contribution < 1.29 is 4.79 Å². The summed E-state index contributed by atoms with van der Waals surface area (Å²) in [5.41, 5.74) is 10.5. The van der Waals surface area contributed by atoms with Crippen molar-refractivity contribution >= 4 is 11.9 Å². The Labute approximate surface area is 147 Å². The van der Waals surface area contributed by atoms with E-state index in [1.807, 2.05) is 16.5 Å². The highest BCUT2D eigenvalue weighted by Crippen LogP contribution is 2.27. The number of fused-ring (bicyclic) bond motifs is 1. The molecule has 3 heterocycles. The lowest BCUT2D eigenvalue weighted by molar-refractivity contribution is 0.0779. The first-order valence-electron chi connectivity index (χ1n) is 9.00. The van der Waals surface area contributed by atoms with Gasteiger partial charge in [-0.25, -0.2) is 9.97 Å². The van der Waals surface area contributed by atoms with Crippen molar-refractivity contribution in [3.8, 4) is 0 Å². The molecule has 1 aliphatic heterocycles. The maximum Gasteiger partial charge on any atom is 0.273 e. The highest BCUT2D eigenvalue weighted by atomic mass is 16.2. The molecule has 1 saturated heterocycles. The van der Waals surface area contributed by atoms with Crippen LogP contribution in [-0.4, -0.2) is 43.6 Å². The third kappa shape index (κ3) is 2.88. The molecule has 132 valence electrons. The number of likely N-dealkylation sites (tertiary alicyclic amines) is 1. The number of aryl methyl sites for hydroxylation is 3. The van der Waals surface area contributed by atoms with Crippen LogP contribution in [0.3, 0.4) is 0 Å². The minimum absolute atomic E-state index is 0.0173. The smallest absolute Gasteiger partial charge is 0.273 e. The van der Waals surface area contributed by atoms with Gasteiger partial charge in [-0.05, 0) is 52.0 Å². The number of carbonyl (C=O) groups excluding carboxylic acids is 1. The molecule has 7 heteroatoms. The Kier molecular flexibility index (Phi) is 3.94. The number of carbonyl (C=O) groups is 1. The second-order valence-corrected chi connectivity index (χ2v) is 7.13. The monoisotopic (exact) mass is 340 g/mol. The van der Waals surface area contributed by atoms with E-state index in [9.17, 15) is 4.79 Å². The molecular formula is C18H24N6O. The molecule has 1 aliphatic carbocycles. The molecule has 2 aromatic heterocycles. The summed E-state index contributed by atoms with van der Waals surface area (Å²) in [6, 6.07) is 2.30. The number of rotatable bonds is 2. The molecule has 2 aromatic rings. The highest BCUT2D eigenvalue weighted by Gasteiger charge is 2.32. The Bertz CT molecular complexity index is 827. The normalized spacial score (nSPS) is 19.9. The van der Waals surface area contributed by atoms with Crippen LogP contribution in [0.15, 0.2) is 6.07 Å². The number of nitrogens with zero attached hydrogens (tertiary/aromatic N) is 5. The molecule has 7 nitrogen and oxygen atoms in total. The maximum absolute atomic E-state index is 13.1. The van der Waals surface area contributed by atoms with Crippen molar-refractivity contribution in [1.29, 1.82) is 0 Å². The van der Waals surface area contributed by atoms with E-state index in [0.29, 0.717) is 12.2 Å². The summed E-state index contributed by atoms with van der Waals surface area (Å²) in [7, 11) is 0. The average Bonchev–Trinajstić information content (AvgIpc) is 3.19. The van der Waals surface area contributed by atoms with E-state index < -0.39 is 0 Å². The number of nitrogens with two attached hydrogens (primary N) is 1. The van der Waals surface area contributed by atoms with Crippen LogP contribution in [0.1, 0.15) is 58.4 Å². The maximum atomic E-state index is 13.1. The van der Waals surface area contributed by atoms with Crippen molar-refractivity contribution in [2.75, 3.05) is 18.8 Å². The van der Waals surface area contributed by atoms with Gasteiger partial charge in [-0.1, -0.05) is 0 Å². The fraction of sp³-hybridized carbons (Fsp3) is 0.556. The zero-order valence-electron chi connectivity index (χ0n) is 14.8. The molecule has 1 fully saturated rings. The molecule has 0 unspecified atom stereocenters. The first-order valence-corrected chi connectivity index (χ1v) is 9.00. The topological polar surface area (TPSA) is 89.9 Å². The summed E-state index contributed by atoms with van der Waals surface area (Å²) in [6.45, 7) is 5.45. The molecule has 0 bridgehead atoms. The number of nitrogen functional groups attached to an aromatic ring is 1. The molecule has 1 atom stereocenters. The standard InChI is InChI=1S/C18H24N6O/c1-11-9-12(2)24(22-11)13-7-8-23(10-13)17(25)16-14-5-3-4-6-15(14)20-18(19)21-16/h9,13H,3-8,10H2,1-2H3,(H2,19,20,21)/t13-/m1/s1. The van der Waals surface area contributed by atoms with Crippen molar-refractivity contribution in [2.45, 2.75) is 52.0 Å². The SMILES string of the molecule is Cc1cc(C)n([C@@H]2CCN(C(=O)c3nc(N)nc4c3CCCC4)C2)n1. The van der Waals surface area contributed by atoms with Gasteiger partial charge in [-0.2, -0.15) is 5.10 Å². The first kappa shape index (κ1) is 16.1. The Morgan fingerprint density at radius 1 is 1.24 bits per heavy atom. The fourth-order valence-electron chi connectivity index (χ4n) is 4.08. The molecule has 2 N–H and O–H groups in total. The minimum Gasteiger partial charge on any atom is -0.368 e. The van der Waals surface area contributed by atoms with Crippen LogP contribution in [0, 0.1) is 13.8 Å². The molecule has 0 radical (unpaired) electrons. The van der Waals surface area contributed by atoms with E-state index >= 15 is 0 Å². The zero-order chi connectivity index (χ0) is 17.6. The predicted octanol–water partition coefficient (Wildman–Crippen LogP) is 1.84. The lowest BCUT2D eigenvalue weighted by Gasteiger charge is -2.22. The van der Waals surface area contributed by atoms with Crippen LogP contribution in [0.25, 0.3) is 0 Å². The van der Waals surface area contributed by atoms with Gasteiger partial charge in [-0.3, -0.25) is 9.48 Å². The quantitative estimate of drug-likeness (QED) is 0.901. The van der Waals surface area contributed by atoms with Gasteiger partial charge in [0.25, 0.3) is 5.91 Å². The summed E-state index contributed by atoms with van der Waals surface area (Å²) in [5.74, 6) is 0.189. The largest absolute Gasteiger partial charge is 0.368 e. The Balaban J connectivity index is 1.58. The van der Waals surface area contributed by atoms with Crippen LogP contribution >= 0.6 is 0 Å². The molecule has 0 saturated carbocycles. The van der Waals surface area contributed by atoms with Crippen molar-refractivity contribution in [1.82, 2.24) is 24.6 Å². The molecule has 0 aromatic carbocycles. The lowest BCUT2D eigenvalue weighted by atomic mass is 9.94. The van der Waals surface area contributed by atoms with Gasteiger partial charge in [0.1, 0.15) is 5.69 Å². The van der Waals surface area contributed by atoms with E-state index in [4.69, 9.17) is 5.73 Å². The van der Waals surface area contributed by atoms with Crippen molar-refractivity contribution in [2.24, 2.45) is 0 Å². The summed E-state index contributed by atoms with van der Waals surface area (Å²) >= 11 is 0. The fourth-order valence-corrected chi connectivity index (χ4v) is 4.08. The molecule has 0 spiro atoms. The summed E-state index contributed by atoms with van der Waals surface area (Å²) < 4.78 is 2.05. The van der Waals surface area contributed by atoms with Gasteiger partial charge in [0.05, 0.1) is 11.7 Å². The van der Waals surface area contributed by atoms with E-state index in [-0.39, 0.29) is 17.9 Å². The van der Waals surface area contributed by atoms with E-state index in [1.165, 1.54) is 0 Å². The minimum atomic E-state index is -0.0173. The lowest BCUT2D eigenvalue weighted by Crippen LogP contribution is -2.32. The second-order valence-electron chi connectivity index (χ2n) is 7.13. The average molecular weight is 340 g/mol. The van der Waals surface area contributed by atoms with Gasteiger partial charge in [0.2, 0.25) is 5.95 Å². The van der Waals surface area contributed by atoms with Crippen LogP contribution in [-0.2, 0) is 12.8 Å². The molecule has 1 amide bonds. The Hall–Kier alpha value is -2.44. The molecular weight excluding hydrogens is 316 g/mol. The zero-order valence-corrected chi connectivity index (χ0v) is 14.8. The number of hydrogen-bond donors (Lipinski definition) is 1. The Morgan fingerprint density at radius 3 is 2.80 bits per heavy atom. The number of amides is 1. The predicted molar refractivity (Wildman–Crippen MR) is 94.3 cm³/mol. The van der Waals surface area contributed by atoms with Gasteiger partial charge in [0.15, 0.2) is 0 Å². The van der Waals surface area contributed by atoms with Crippen molar-refractivity contribution in [3.05, 3.63) is 34.4 Å². The van der Waals surface area contributed by atoms with Crippen LogP contribution in [0.5, 0.6) is 0 Å². The molecule has 25 heavy (non-hydrogen) atoms. The van der Waals surface area contributed by atoms with E-state index in [0.717, 1.165) is 61.3 Å². The molecule has 4 rings (SSSR count). The second kappa shape index (κ2) is 6.13. The molecule has 2 aliphatic rings. The summed E-state index contributed by atoms with van der Waals surface area (Å²) in [5, 5.41) is 4.58. The van der Waals surface area contributed by atoms with Crippen LogP contribution in [0.2, 0.25) is 0 Å². The van der Waals surface area contributed by atoms with Gasteiger partial charge in [-0.15, -0.1) is 0 Å². The third-order valence-corrected chi connectivity index (χ3v) is 5.24. The van der Waals surface area contributed by atoms with Crippen LogP contribution < -0.4 is 5.73 Å². The van der Waals surface area contributed by atoms with Gasteiger partial charge in [0, 0.05) is 30.0 Å². The highest BCUT2D eigenvalue weighted by molar-refractivity contribution is 5.94. The van der Waals surface area contributed by atoms with Crippen molar-refractivity contribution in [3.63, 3.8) is 0 Å². The third-order valence-electron chi connectivity index (χ3n) is 5.24. The summed E-state index contributed by atoms with van der Waals surface area (Å²) in [4.78, 5) is 23.6. The number of hydrogen-bond acceptors (Lipinski definition) is 5. The van der Waals surface area contributed by atoms with Gasteiger partial charge < -0.3 is 10.6 Å². The summed E-state index contributed by atoms with van der Waals surface area (Å²) in [6.07, 6.45) is 4.84. The number of aromatic nitrogens is 4. The number of anilines is 1.